The van der Waals surface area contributed by atoms with E-state index in [9.17, 15) is 13.0 Å². The van der Waals surface area contributed by atoms with Gasteiger partial charge >= 0.3 is 0 Å². The van der Waals surface area contributed by atoms with Gasteiger partial charge in [-0.3, -0.25) is 0 Å². The molecule has 0 aliphatic carbocycles. The van der Waals surface area contributed by atoms with Gasteiger partial charge in [-0.05, 0) is 5.92 Å². The molecule has 12 heavy (non-hydrogen) atoms. The average Bonchev–Trinajstić information content (AvgIpc) is 1.83. The molecule has 70 valence electrons. The lowest BCUT2D eigenvalue weighted by Gasteiger charge is -2.27. The molecule has 0 bridgehead atoms. The molecule has 0 heterocycles. The molecule has 0 aliphatic heterocycles. The van der Waals surface area contributed by atoms with E-state index in [-0.39, 0.29) is 12.3 Å². The van der Waals surface area contributed by atoms with E-state index in [1.165, 1.54) is 0 Å². The maximum Gasteiger partial charge on any atom is 0.140 e. The van der Waals surface area contributed by atoms with Crippen LogP contribution in [0.4, 0.5) is 0 Å². The Morgan fingerprint density at radius 1 is 1.50 bits per heavy atom. The standard InChI is InChI=1S/C7H13NO3S/c1-4-5-8(2,3)6-7-12(9,10)11/h1H,5-7H2,2-3H3. The molecular weight excluding hydrogens is 178 g/mol. The molecule has 0 aromatic heterocycles. The summed E-state index contributed by atoms with van der Waals surface area (Å²) in [5.74, 6) is 2.06. The van der Waals surface area contributed by atoms with Crippen LogP contribution in [0.5, 0.6) is 0 Å². The van der Waals surface area contributed by atoms with Gasteiger partial charge in [-0.25, -0.2) is 8.42 Å². The van der Waals surface area contributed by atoms with E-state index in [1.54, 1.807) is 14.1 Å². The van der Waals surface area contributed by atoms with Crippen molar-refractivity contribution in [1.82, 2.24) is 0 Å². The molecular formula is C7H13NO3S. The fourth-order valence-corrected chi connectivity index (χ4v) is 1.40. The average molecular weight is 191 g/mol. The van der Waals surface area contributed by atoms with Crippen LogP contribution in [0, 0.1) is 12.3 Å². The third-order valence-electron chi connectivity index (χ3n) is 1.47. The SMILES string of the molecule is C#CC[N+](C)(C)CCS(=O)(=O)[O-]. The highest BCUT2D eigenvalue weighted by Gasteiger charge is 2.14. The largest absolute Gasteiger partial charge is 0.748 e. The number of nitrogens with zero attached hydrogens (tertiary/aromatic N) is 1. The van der Waals surface area contributed by atoms with Crippen LogP contribution in [0.25, 0.3) is 0 Å². The molecule has 5 heteroatoms. The fourth-order valence-electron chi connectivity index (χ4n) is 0.685. The zero-order valence-corrected chi connectivity index (χ0v) is 8.10. The minimum atomic E-state index is -4.11. The summed E-state index contributed by atoms with van der Waals surface area (Å²) >= 11 is 0. The van der Waals surface area contributed by atoms with Crippen molar-refractivity contribution in [1.29, 1.82) is 0 Å². The van der Waals surface area contributed by atoms with Crippen LogP contribution in [-0.4, -0.2) is 50.4 Å². The maximum absolute atomic E-state index is 10.3. The summed E-state index contributed by atoms with van der Waals surface area (Å²) in [7, 11) is -0.544. The van der Waals surface area contributed by atoms with Gasteiger partial charge in [0.2, 0.25) is 0 Å². The van der Waals surface area contributed by atoms with E-state index >= 15 is 0 Å². The topological polar surface area (TPSA) is 57.2 Å². The predicted octanol–water partition coefficient (Wildman–Crippen LogP) is -0.759. The first-order valence-corrected chi connectivity index (χ1v) is 5.04. The van der Waals surface area contributed by atoms with Crippen molar-refractivity contribution in [3.05, 3.63) is 0 Å². The van der Waals surface area contributed by atoms with Crippen molar-refractivity contribution in [3.63, 3.8) is 0 Å². The van der Waals surface area contributed by atoms with Gasteiger partial charge in [0, 0.05) is 0 Å². The first-order chi connectivity index (χ1) is 5.27. The monoisotopic (exact) mass is 191 g/mol. The van der Waals surface area contributed by atoms with Gasteiger partial charge < -0.3 is 9.04 Å². The summed E-state index contributed by atoms with van der Waals surface area (Å²) in [6.07, 6.45) is 5.06. The zero-order chi connectivity index (χ0) is 9.83. The first kappa shape index (κ1) is 11.4. The van der Waals surface area contributed by atoms with Crippen molar-refractivity contribution in [2.75, 3.05) is 32.9 Å². The van der Waals surface area contributed by atoms with Crippen LogP contribution in [0.1, 0.15) is 0 Å². The van der Waals surface area contributed by atoms with E-state index in [0.29, 0.717) is 11.0 Å². The molecule has 0 amide bonds. The third kappa shape index (κ3) is 6.16. The summed E-state index contributed by atoms with van der Waals surface area (Å²) in [5.41, 5.74) is 0. The zero-order valence-electron chi connectivity index (χ0n) is 7.28. The van der Waals surface area contributed by atoms with Crippen LogP contribution in [0.15, 0.2) is 0 Å². The van der Waals surface area contributed by atoms with E-state index in [0.717, 1.165) is 0 Å². The van der Waals surface area contributed by atoms with Crippen molar-refractivity contribution in [2.24, 2.45) is 0 Å². The molecule has 0 unspecified atom stereocenters. The van der Waals surface area contributed by atoms with Gasteiger partial charge in [0.25, 0.3) is 0 Å². The Labute approximate surface area is 73.5 Å². The summed E-state index contributed by atoms with van der Waals surface area (Å²) in [5, 5.41) is 0. The van der Waals surface area contributed by atoms with E-state index < -0.39 is 10.1 Å². The molecule has 0 N–H and O–H groups in total. The van der Waals surface area contributed by atoms with Crippen LogP contribution < -0.4 is 0 Å². The summed E-state index contributed by atoms with van der Waals surface area (Å²) in [6.45, 7) is 0.686. The van der Waals surface area contributed by atoms with Crippen molar-refractivity contribution < 1.29 is 17.5 Å². The third-order valence-corrected chi connectivity index (χ3v) is 2.15. The summed E-state index contributed by atoms with van der Waals surface area (Å²) < 4.78 is 31.2. The minimum Gasteiger partial charge on any atom is -0.748 e. The van der Waals surface area contributed by atoms with Gasteiger partial charge in [0.1, 0.15) is 16.7 Å². The van der Waals surface area contributed by atoms with E-state index in [2.05, 4.69) is 5.92 Å². The van der Waals surface area contributed by atoms with E-state index in [1.807, 2.05) is 0 Å². The quantitative estimate of drug-likeness (QED) is 0.333. The minimum absolute atomic E-state index is 0.260. The van der Waals surface area contributed by atoms with Crippen LogP contribution in [0.3, 0.4) is 0 Å². The van der Waals surface area contributed by atoms with Crippen molar-refractivity contribution in [2.45, 2.75) is 0 Å². The lowest BCUT2D eigenvalue weighted by atomic mass is 10.4. The number of hydrogen-bond donors (Lipinski definition) is 0. The Hall–Kier alpha value is -0.570. The molecule has 0 spiro atoms. The summed E-state index contributed by atoms with van der Waals surface area (Å²) in [4.78, 5) is 0. The Bertz CT molecular complexity index is 274. The summed E-state index contributed by atoms with van der Waals surface area (Å²) in [6, 6.07) is 0. The molecule has 0 saturated heterocycles. The fraction of sp³-hybridized carbons (Fsp3) is 0.714. The Balaban J connectivity index is 4.03. The van der Waals surface area contributed by atoms with Crippen LogP contribution >= 0.6 is 0 Å². The second-order valence-electron chi connectivity index (χ2n) is 3.28. The smallest absolute Gasteiger partial charge is 0.140 e. The molecule has 0 saturated carbocycles. The predicted molar refractivity (Wildman–Crippen MR) is 45.2 cm³/mol. The van der Waals surface area contributed by atoms with E-state index in [4.69, 9.17) is 6.42 Å². The molecule has 0 fully saturated rings. The Morgan fingerprint density at radius 3 is 2.33 bits per heavy atom. The number of hydrogen-bond acceptors (Lipinski definition) is 3. The lowest BCUT2D eigenvalue weighted by molar-refractivity contribution is -0.880. The maximum atomic E-state index is 10.3. The van der Waals surface area contributed by atoms with Gasteiger partial charge in [-0.15, -0.1) is 6.42 Å². The molecule has 4 nitrogen and oxygen atoms in total. The molecule has 0 aliphatic rings. The highest BCUT2D eigenvalue weighted by Crippen LogP contribution is 1.96. The number of quaternary nitrogens is 1. The molecule has 0 aromatic carbocycles. The normalized spacial score (nSPS) is 12.5. The molecule has 0 rings (SSSR count). The Morgan fingerprint density at radius 2 is 2.00 bits per heavy atom. The van der Waals surface area contributed by atoms with Gasteiger partial charge in [-0.2, -0.15) is 0 Å². The lowest BCUT2D eigenvalue weighted by Crippen LogP contribution is -2.43. The van der Waals surface area contributed by atoms with Crippen molar-refractivity contribution in [3.8, 4) is 12.3 Å². The van der Waals surface area contributed by atoms with Gasteiger partial charge in [-0.1, -0.05) is 0 Å². The van der Waals surface area contributed by atoms with Gasteiger partial charge in [0.15, 0.2) is 0 Å². The molecule has 0 radical (unpaired) electrons. The number of terminal acetylenes is 1. The highest BCUT2D eigenvalue weighted by atomic mass is 32.2. The highest BCUT2D eigenvalue weighted by molar-refractivity contribution is 7.85. The molecule has 0 aromatic rings. The van der Waals surface area contributed by atoms with Gasteiger partial charge in [0.05, 0.1) is 26.4 Å². The van der Waals surface area contributed by atoms with Crippen LogP contribution in [-0.2, 0) is 10.1 Å². The Kier molecular flexibility index (Phi) is 3.71. The second-order valence-corrected chi connectivity index (χ2v) is 4.81. The van der Waals surface area contributed by atoms with Crippen molar-refractivity contribution >= 4 is 10.1 Å². The number of rotatable bonds is 4. The second kappa shape index (κ2) is 3.90. The van der Waals surface area contributed by atoms with Crippen LogP contribution in [0.2, 0.25) is 0 Å². The molecule has 0 atom stereocenters. The first-order valence-electron chi connectivity index (χ1n) is 3.46.